The first kappa shape index (κ1) is 21.2. The lowest BCUT2D eigenvalue weighted by Gasteiger charge is -2.22. The van der Waals surface area contributed by atoms with Crippen molar-refractivity contribution in [3.63, 3.8) is 0 Å². The number of nitrogens with one attached hydrogen (secondary N) is 2. The van der Waals surface area contributed by atoms with Crippen LogP contribution in [0.1, 0.15) is 32.1 Å². The summed E-state index contributed by atoms with van der Waals surface area (Å²) in [4.78, 5) is 31.8. The molecular weight excluding hydrogens is 385 g/mol. The van der Waals surface area contributed by atoms with Gasteiger partial charge in [-0.2, -0.15) is 0 Å². The van der Waals surface area contributed by atoms with Gasteiger partial charge in [0.25, 0.3) is 5.56 Å². The molecule has 3 aromatic rings. The summed E-state index contributed by atoms with van der Waals surface area (Å²) in [6, 6.07) is 11.0. The fourth-order valence-corrected chi connectivity index (χ4v) is 3.55. The average molecular weight is 409 g/mol. The van der Waals surface area contributed by atoms with Crippen molar-refractivity contribution in [1.29, 1.82) is 0 Å². The third-order valence-electron chi connectivity index (χ3n) is 4.95. The van der Waals surface area contributed by atoms with Crippen molar-refractivity contribution in [2.45, 2.75) is 38.1 Å². The van der Waals surface area contributed by atoms with Crippen LogP contribution in [0, 0.1) is 5.82 Å². The van der Waals surface area contributed by atoms with Gasteiger partial charge in [-0.1, -0.05) is 37.5 Å². The van der Waals surface area contributed by atoms with Crippen LogP contribution >= 0.6 is 0 Å². The van der Waals surface area contributed by atoms with E-state index in [4.69, 9.17) is 4.79 Å². The summed E-state index contributed by atoms with van der Waals surface area (Å²) >= 11 is 0. The number of nitrogens with zero attached hydrogens (tertiary/aromatic N) is 2. The van der Waals surface area contributed by atoms with Gasteiger partial charge in [-0.15, -0.1) is 0 Å². The monoisotopic (exact) mass is 409 g/mol. The number of primary amides is 1. The number of pyridine rings is 1. The van der Waals surface area contributed by atoms with Crippen LogP contribution in [0.5, 0.6) is 0 Å². The van der Waals surface area contributed by atoms with Gasteiger partial charge < -0.3 is 16.0 Å². The zero-order valence-corrected chi connectivity index (χ0v) is 16.5. The van der Waals surface area contributed by atoms with Gasteiger partial charge in [-0.3, -0.25) is 9.59 Å². The van der Waals surface area contributed by atoms with Gasteiger partial charge in [0.15, 0.2) is 5.82 Å². The Morgan fingerprint density at radius 1 is 1.13 bits per heavy atom. The van der Waals surface area contributed by atoms with E-state index in [1.54, 1.807) is 36.5 Å². The number of H-pyrrole nitrogens is 1. The van der Waals surface area contributed by atoms with Crippen molar-refractivity contribution in [2.24, 2.45) is 5.73 Å². The molecule has 1 fully saturated rings. The van der Waals surface area contributed by atoms with E-state index in [9.17, 15) is 9.18 Å². The standard InChI is InChI=1S/C21H21FN4O.CH3NO/c22-18-13-24-21(25-16-8-2-1-3-9-16)26-19(18)15-7-4-6-14(12-15)17-10-5-11-23-20(17)27;2-1-3/h4-7,10-13,16H,1-3,8-9H2,(H,23,27)(H,24,25,26);1H,(H2,2,3). The van der Waals surface area contributed by atoms with Gasteiger partial charge in [0, 0.05) is 23.4 Å². The second-order valence-electron chi connectivity index (χ2n) is 7.00. The maximum absolute atomic E-state index is 14.4. The zero-order valence-electron chi connectivity index (χ0n) is 16.5. The number of hydrogen-bond acceptors (Lipinski definition) is 5. The summed E-state index contributed by atoms with van der Waals surface area (Å²) in [6.45, 7) is 0. The molecule has 1 amide bonds. The Balaban J connectivity index is 0.000000806. The molecule has 0 atom stereocenters. The Bertz CT molecular complexity index is 1050. The Morgan fingerprint density at radius 3 is 2.60 bits per heavy atom. The molecule has 0 unspecified atom stereocenters. The van der Waals surface area contributed by atoms with Crippen LogP contribution in [-0.4, -0.2) is 27.4 Å². The van der Waals surface area contributed by atoms with E-state index in [0.717, 1.165) is 12.8 Å². The van der Waals surface area contributed by atoms with Gasteiger partial charge in [0.1, 0.15) is 5.69 Å². The maximum atomic E-state index is 14.4. The Kier molecular flexibility index (Phi) is 7.26. The van der Waals surface area contributed by atoms with Gasteiger partial charge in [0.05, 0.1) is 6.20 Å². The summed E-state index contributed by atoms with van der Waals surface area (Å²) in [5.41, 5.74) is 6.08. The number of amides is 1. The lowest BCUT2D eigenvalue weighted by molar-refractivity contribution is -0.106. The molecule has 4 N–H and O–H groups in total. The smallest absolute Gasteiger partial charge is 0.255 e. The SMILES string of the molecule is NC=O.O=c1[nH]cccc1-c1cccc(-c2nc(NC3CCCCC3)ncc2F)c1. The number of carbonyl (C=O) groups is 1. The first-order chi connectivity index (χ1) is 14.6. The topological polar surface area (TPSA) is 114 Å². The van der Waals surface area contributed by atoms with Crippen molar-refractivity contribution >= 4 is 12.4 Å². The second kappa shape index (κ2) is 10.3. The van der Waals surface area contributed by atoms with Gasteiger partial charge in [-0.05, 0) is 36.6 Å². The van der Waals surface area contributed by atoms with Crippen molar-refractivity contribution in [3.8, 4) is 22.4 Å². The maximum Gasteiger partial charge on any atom is 0.255 e. The number of aromatic amines is 1. The summed E-state index contributed by atoms with van der Waals surface area (Å²) < 4.78 is 14.4. The molecule has 7 nitrogen and oxygen atoms in total. The van der Waals surface area contributed by atoms with E-state index in [2.05, 4.69) is 26.0 Å². The van der Waals surface area contributed by atoms with Crippen LogP contribution < -0.4 is 16.6 Å². The van der Waals surface area contributed by atoms with Crippen LogP contribution in [0.25, 0.3) is 22.4 Å². The highest BCUT2D eigenvalue weighted by molar-refractivity contribution is 5.71. The van der Waals surface area contributed by atoms with E-state index >= 15 is 0 Å². The molecule has 1 aliphatic rings. The molecule has 0 bridgehead atoms. The molecule has 1 aliphatic carbocycles. The molecular formula is C22H24FN5O2. The van der Waals surface area contributed by atoms with Crippen LogP contribution in [-0.2, 0) is 4.79 Å². The van der Waals surface area contributed by atoms with Crippen molar-refractivity contribution in [2.75, 3.05) is 5.32 Å². The zero-order chi connectivity index (χ0) is 21.3. The van der Waals surface area contributed by atoms with Gasteiger partial charge >= 0.3 is 0 Å². The average Bonchev–Trinajstić information content (AvgIpc) is 2.77. The number of benzene rings is 1. The van der Waals surface area contributed by atoms with Crippen LogP contribution in [0.3, 0.4) is 0 Å². The highest BCUT2D eigenvalue weighted by Crippen LogP contribution is 2.27. The normalized spacial score (nSPS) is 13.8. The van der Waals surface area contributed by atoms with Crippen LogP contribution in [0.4, 0.5) is 10.3 Å². The minimum absolute atomic E-state index is 0.183. The molecule has 0 saturated heterocycles. The van der Waals surface area contributed by atoms with Gasteiger partial charge in [-0.25, -0.2) is 14.4 Å². The molecule has 1 saturated carbocycles. The predicted octanol–water partition coefficient (Wildman–Crippen LogP) is 3.48. The lowest BCUT2D eigenvalue weighted by atomic mass is 9.96. The van der Waals surface area contributed by atoms with E-state index in [1.807, 2.05) is 6.07 Å². The lowest BCUT2D eigenvalue weighted by Crippen LogP contribution is -2.23. The summed E-state index contributed by atoms with van der Waals surface area (Å²) in [5, 5.41) is 3.33. The van der Waals surface area contributed by atoms with Crippen LogP contribution in [0.15, 0.2) is 53.6 Å². The minimum Gasteiger partial charge on any atom is -0.372 e. The Labute approximate surface area is 173 Å². The third kappa shape index (κ3) is 5.28. The van der Waals surface area contributed by atoms with E-state index in [0.29, 0.717) is 28.7 Å². The number of rotatable bonds is 4. The fraction of sp³-hybridized carbons (Fsp3) is 0.273. The molecule has 0 aliphatic heterocycles. The van der Waals surface area contributed by atoms with Crippen molar-refractivity contribution < 1.29 is 9.18 Å². The fourth-order valence-electron chi connectivity index (χ4n) is 3.55. The van der Waals surface area contributed by atoms with Crippen LogP contribution in [0.2, 0.25) is 0 Å². The first-order valence-corrected chi connectivity index (χ1v) is 9.85. The molecule has 2 heterocycles. The molecule has 0 radical (unpaired) electrons. The quantitative estimate of drug-likeness (QED) is 0.571. The molecule has 8 heteroatoms. The predicted molar refractivity (Wildman–Crippen MR) is 114 cm³/mol. The molecule has 1 aromatic carbocycles. The Hall–Kier alpha value is -3.55. The highest BCUT2D eigenvalue weighted by Gasteiger charge is 2.16. The second-order valence-corrected chi connectivity index (χ2v) is 7.00. The molecule has 4 rings (SSSR count). The molecule has 0 spiro atoms. The van der Waals surface area contributed by atoms with E-state index in [1.165, 1.54) is 25.5 Å². The summed E-state index contributed by atoms with van der Waals surface area (Å²) in [5.74, 6) is -0.0374. The molecule has 30 heavy (non-hydrogen) atoms. The largest absolute Gasteiger partial charge is 0.372 e. The Morgan fingerprint density at radius 2 is 1.87 bits per heavy atom. The number of nitrogens with two attached hydrogens (primary N) is 1. The first-order valence-electron chi connectivity index (χ1n) is 9.85. The number of aromatic nitrogens is 3. The highest BCUT2D eigenvalue weighted by atomic mass is 19.1. The van der Waals surface area contributed by atoms with Crippen molar-refractivity contribution in [1.82, 2.24) is 15.0 Å². The number of halogens is 1. The number of anilines is 1. The van der Waals surface area contributed by atoms with E-state index in [-0.39, 0.29) is 17.7 Å². The van der Waals surface area contributed by atoms with Gasteiger partial charge in [0.2, 0.25) is 12.4 Å². The number of hydrogen-bond donors (Lipinski definition) is 3. The number of carbonyl (C=O) groups excluding carboxylic acids is 1. The summed E-state index contributed by atoms with van der Waals surface area (Å²) in [6.07, 6.45) is 8.86. The summed E-state index contributed by atoms with van der Waals surface area (Å²) in [7, 11) is 0. The molecule has 156 valence electrons. The third-order valence-corrected chi connectivity index (χ3v) is 4.95. The minimum atomic E-state index is -0.483. The molecule has 2 aromatic heterocycles. The van der Waals surface area contributed by atoms with E-state index < -0.39 is 5.82 Å². The van der Waals surface area contributed by atoms with Crippen molar-refractivity contribution in [3.05, 3.63) is 65.0 Å².